The third-order valence-electron chi connectivity index (χ3n) is 5.03. The minimum Gasteiger partial charge on any atom is -0.376 e. The van der Waals surface area contributed by atoms with Gasteiger partial charge in [-0.05, 0) is 57.7 Å². The zero-order valence-corrected chi connectivity index (χ0v) is 15.5. The van der Waals surface area contributed by atoms with E-state index in [2.05, 4.69) is 34.7 Å². The standard InChI is InChI=1S/C19H24ClN3O2/c1-12(2)25-16-6-3-13(4-7-16)19-22-21-18-11-24-10-14-9-15(20)5-8-17(14)23(18)19/h5,8-9,12-13,16H,3-4,6-7,10-11H2,1-2H3/t13-,16-. The minimum absolute atomic E-state index is 0.291. The molecule has 6 heteroatoms. The number of hydrogen-bond acceptors (Lipinski definition) is 4. The Hall–Kier alpha value is -1.43. The van der Waals surface area contributed by atoms with Crippen LogP contribution in [0, 0.1) is 0 Å². The van der Waals surface area contributed by atoms with Crippen molar-refractivity contribution in [1.82, 2.24) is 14.8 Å². The molecule has 4 rings (SSSR count). The summed E-state index contributed by atoms with van der Waals surface area (Å²) in [5, 5.41) is 9.66. The quantitative estimate of drug-likeness (QED) is 0.812. The Balaban J connectivity index is 1.62. The van der Waals surface area contributed by atoms with Crippen molar-refractivity contribution in [3.63, 3.8) is 0 Å². The summed E-state index contributed by atoms with van der Waals surface area (Å²) in [6.07, 6.45) is 4.99. The molecule has 1 fully saturated rings. The van der Waals surface area contributed by atoms with Crippen LogP contribution in [0.2, 0.25) is 5.02 Å². The summed E-state index contributed by atoms with van der Waals surface area (Å²) in [5.74, 6) is 2.33. The van der Waals surface area contributed by atoms with Crippen molar-refractivity contribution < 1.29 is 9.47 Å². The van der Waals surface area contributed by atoms with Crippen LogP contribution in [0.15, 0.2) is 18.2 Å². The summed E-state index contributed by atoms with van der Waals surface area (Å²) < 4.78 is 13.9. The van der Waals surface area contributed by atoms with Gasteiger partial charge in [0.25, 0.3) is 0 Å². The van der Waals surface area contributed by atoms with Crippen LogP contribution in [0.3, 0.4) is 0 Å². The summed E-state index contributed by atoms with van der Waals surface area (Å²) in [5.41, 5.74) is 2.18. The summed E-state index contributed by atoms with van der Waals surface area (Å²) in [6.45, 7) is 5.23. The molecule has 0 bridgehead atoms. The van der Waals surface area contributed by atoms with E-state index in [1.54, 1.807) is 0 Å². The maximum absolute atomic E-state index is 6.17. The van der Waals surface area contributed by atoms with E-state index in [9.17, 15) is 0 Å². The average Bonchev–Trinajstić information content (AvgIpc) is 2.91. The summed E-state index contributed by atoms with van der Waals surface area (Å²) in [4.78, 5) is 0. The van der Waals surface area contributed by atoms with E-state index in [1.165, 1.54) is 0 Å². The van der Waals surface area contributed by atoms with Crippen molar-refractivity contribution in [3.05, 3.63) is 40.4 Å². The van der Waals surface area contributed by atoms with Crippen LogP contribution < -0.4 is 0 Å². The van der Waals surface area contributed by atoms with Crippen molar-refractivity contribution >= 4 is 11.6 Å². The zero-order chi connectivity index (χ0) is 17.4. The molecule has 25 heavy (non-hydrogen) atoms. The van der Waals surface area contributed by atoms with Gasteiger partial charge in [0, 0.05) is 16.5 Å². The number of rotatable bonds is 3. The number of hydrogen-bond donors (Lipinski definition) is 0. The van der Waals surface area contributed by atoms with E-state index < -0.39 is 0 Å². The van der Waals surface area contributed by atoms with Gasteiger partial charge in [0.2, 0.25) is 0 Å². The van der Waals surface area contributed by atoms with E-state index in [1.807, 2.05) is 12.1 Å². The predicted octanol–water partition coefficient (Wildman–Crippen LogP) is 4.40. The monoisotopic (exact) mass is 361 g/mol. The number of halogens is 1. The van der Waals surface area contributed by atoms with Gasteiger partial charge in [-0.3, -0.25) is 4.57 Å². The second-order valence-electron chi connectivity index (χ2n) is 7.23. The Bertz CT molecular complexity index is 751. The number of ether oxygens (including phenoxy) is 2. The highest BCUT2D eigenvalue weighted by Crippen LogP contribution is 2.36. The Kier molecular flexibility index (Phi) is 4.80. The lowest BCUT2D eigenvalue weighted by Gasteiger charge is -2.29. The lowest BCUT2D eigenvalue weighted by molar-refractivity contribution is -0.0151. The van der Waals surface area contributed by atoms with Crippen molar-refractivity contribution in [2.24, 2.45) is 0 Å². The highest BCUT2D eigenvalue weighted by molar-refractivity contribution is 6.30. The van der Waals surface area contributed by atoms with Gasteiger partial charge in [-0.25, -0.2) is 0 Å². The highest BCUT2D eigenvalue weighted by atomic mass is 35.5. The molecule has 5 nitrogen and oxygen atoms in total. The molecule has 2 aliphatic rings. The Morgan fingerprint density at radius 1 is 1.16 bits per heavy atom. The fourth-order valence-corrected chi connectivity index (χ4v) is 4.13. The van der Waals surface area contributed by atoms with Crippen LogP contribution in [0.1, 0.15) is 62.7 Å². The number of benzene rings is 1. The van der Waals surface area contributed by atoms with Gasteiger partial charge < -0.3 is 9.47 Å². The zero-order valence-electron chi connectivity index (χ0n) is 14.7. The molecule has 0 unspecified atom stereocenters. The molecule has 2 heterocycles. The van der Waals surface area contributed by atoms with Crippen molar-refractivity contribution in [1.29, 1.82) is 0 Å². The molecule has 1 aliphatic carbocycles. The normalized spacial score (nSPS) is 23.2. The van der Waals surface area contributed by atoms with Crippen LogP contribution in [0.4, 0.5) is 0 Å². The first-order valence-corrected chi connectivity index (χ1v) is 9.46. The summed E-state index contributed by atoms with van der Waals surface area (Å²) in [6, 6.07) is 5.95. The first-order chi connectivity index (χ1) is 12.1. The molecule has 0 saturated heterocycles. The maximum Gasteiger partial charge on any atom is 0.163 e. The minimum atomic E-state index is 0.291. The fourth-order valence-electron chi connectivity index (χ4n) is 3.93. The van der Waals surface area contributed by atoms with Gasteiger partial charge in [-0.1, -0.05) is 11.6 Å². The smallest absolute Gasteiger partial charge is 0.163 e. The van der Waals surface area contributed by atoms with E-state index >= 15 is 0 Å². The van der Waals surface area contributed by atoms with Gasteiger partial charge in [0.15, 0.2) is 5.82 Å². The number of fused-ring (bicyclic) bond motifs is 3. The van der Waals surface area contributed by atoms with Crippen LogP contribution in [-0.2, 0) is 22.7 Å². The van der Waals surface area contributed by atoms with Crippen LogP contribution >= 0.6 is 11.6 Å². The molecule has 0 radical (unpaired) electrons. The molecular weight excluding hydrogens is 338 g/mol. The number of aromatic nitrogens is 3. The number of nitrogens with zero attached hydrogens (tertiary/aromatic N) is 3. The van der Waals surface area contributed by atoms with Crippen LogP contribution in [0.25, 0.3) is 5.69 Å². The molecular formula is C19H24ClN3O2. The third-order valence-corrected chi connectivity index (χ3v) is 5.27. The SMILES string of the molecule is CC(C)O[C@H]1CC[C@H](c2nnc3n2-c2ccc(Cl)cc2COC3)CC1. The summed E-state index contributed by atoms with van der Waals surface area (Å²) >= 11 is 6.17. The van der Waals surface area contributed by atoms with E-state index in [4.69, 9.17) is 21.1 Å². The van der Waals surface area contributed by atoms with Crippen molar-refractivity contribution in [2.75, 3.05) is 0 Å². The van der Waals surface area contributed by atoms with Crippen molar-refractivity contribution in [3.8, 4) is 5.69 Å². The van der Waals surface area contributed by atoms with Gasteiger partial charge in [-0.2, -0.15) is 0 Å². The van der Waals surface area contributed by atoms with Crippen molar-refractivity contribution in [2.45, 2.75) is 70.9 Å². The summed E-state index contributed by atoms with van der Waals surface area (Å²) in [7, 11) is 0. The van der Waals surface area contributed by atoms with E-state index in [0.717, 1.165) is 53.6 Å². The van der Waals surface area contributed by atoms with Gasteiger partial charge >= 0.3 is 0 Å². The molecule has 0 spiro atoms. The van der Waals surface area contributed by atoms with Gasteiger partial charge in [-0.15, -0.1) is 10.2 Å². The first kappa shape index (κ1) is 17.0. The molecule has 1 aromatic heterocycles. The molecule has 1 saturated carbocycles. The second kappa shape index (κ2) is 7.06. The molecule has 1 aromatic carbocycles. The molecule has 1 aliphatic heterocycles. The maximum atomic E-state index is 6.17. The Labute approximate surface area is 153 Å². The molecule has 0 atom stereocenters. The Morgan fingerprint density at radius 3 is 2.72 bits per heavy atom. The molecule has 2 aromatic rings. The Morgan fingerprint density at radius 2 is 1.96 bits per heavy atom. The lowest BCUT2D eigenvalue weighted by atomic mass is 9.86. The first-order valence-electron chi connectivity index (χ1n) is 9.08. The highest BCUT2D eigenvalue weighted by Gasteiger charge is 2.30. The topological polar surface area (TPSA) is 49.2 Å². The lowest BCUT2D eigenvalue weighted by Crippen LogP contribution is -2.25. The average molecular weight is 362 g/mol. The predicted molar refractivity (Wildman–Crippen MR) is 96.1 cm³/mol. The molecule has 0 amide bonds. The molecule has 134 valence electrons. The third kappa shape index (κ3) is 3.46. The second-order valence-corrected chi connectivity index (χ2v) is 7.67. The fraction of sp³-hybridized carbons (Fsp3) is 0.579. The van der Waals surface area contributed by atoms with Crippen LogP contribution in [0.5, 0.6) is 0 Å². The molecule has 0 N–H and O–H groups in total. The van der Waals surface area contributed by atoms with Gasteiger partial charge in [0.05, 0.1) is 24.5 Å². The largest absolute Gasteiger partial charge is 0.376 e. The van der Waals surface area contributed by atoms with Crippen LogP contribution in [-0.4, -0.2) is 27.0 Å². The van der Waals surface area contributed by atoms with Gasteiger partial charge in [0.1, 0.15) is 12.4 Å². The van der Waals surface area contributed by atoms with E-state index in [0.29, 0.717) is 31.3 Å². The van der Waals surface area contributed by atoms with E-state index in [-0.39, 0.29) is 0 Å².